The van der Waals surface area contributed by atoms with Crippen LogP contribution in [0.5, 0.6) is 0 Å². The van der Waals surface area contributed by atoms with Crippen molar-refractivity contribution in [2.24, 2.45) is 0 Å². The van der Waals surface area contributed by atoms with Crippen LogP contribution < -0.4 is 0 Å². The first-order valence-electron chi connectivity index (χ1n) is 5.66. The first kappa shape index (κ1) is 14.3. The minimum absolute atomic E-state index is 0.557. The predicted molar refractivity (Wildman–Crippen MR) is 66.1 cm³/mol. The molecule has 0 aliphatic heterocycles. The maximum atomic E-state index is 12.0. The lowest BCUT2D eigenvalue weighted by Gasteiger charge is -2.34. The van der Waals surface area contributed by atoms with Crippen LogP contribution in [0.3, 0.4) is 0 Å². The zero-order chi connectivity index (χ0) is 14.0. The highest BCUT2D eigenvalue weighted by Gasteiger charge is 2.37. The average Bonchev–Trinajstić information content (AvgIpc) is 2.78. The zero-order valence-corrected chi connectivity index (χ0v) is 11.4. The molecule has 5 nitrogen and oxygen atoms in total. The van der Waals surface area contributed by atoms with Crippen molar-refractivity contribution < 1.29 is 18.7 Å². The monoisotopic (exact) mass is 253 g/mol. The molecule has 1 rings (SSSR count). The highest BCUT2D eigenvalue weighted by Crippen LogP contribution is 2.26. The zero-order valence-electron chi connectivity index (χ0n) is 11.4. The SMILES string of the molecule is CN(C(=O)OC(C)(C)C)C(C)(C=O)c1ccoc1. The Balaban J connectivity index is 2.96. The maximum absolute atomic E-state index is 12.0. The van der Waals surface area contributed by atoms with Gasteiger partial charge in [0.05, 0.1) is 12.5 Å². The summed E-state index contributed by atoms with van der Waals surface area (Å²) in [7, 11) is 1.52. The van der Waals surface area contributed by atoms with Crippen molar-refractivity contribution in [2.45, 2.75) is 38.8 Å². The Bertz CT molecular complexity index is 419. The molecular formula is C13H19NO4. The van der Waals surface area contributed by atoms with Gasteiger partial charge in [-0.25, -0.2) is 4.79 Å². The average molecular weight is 253 g/mol. The Morgan fingerprint density at radius 3 is 2.39 bits per heavy atom. The highest BCUT2D eigenvalue weighted by atomic mass is 16.6. The fraction of sp³-hybridized carbons (Fsp3) is 0.538. The van der Waals surface area contributed by atoms with Crippen LogP contribution in [0.15, 0.2) is 23.0 Å². The minimum atomic E-state index is -1.10. The molecule has 18 heavy (non-hydrogen) atoms. The number of rotatable bonds is 3. The molecule has 0 aliphatic carbocycles. The predicted octanol–water partition coefficient (Wildman–Crippen LogP) is 2.56. The number of furan rings is 1. The lowest BCUT2D eigenvalue weighted by molar-refractivity contribution is -0.117. The third-order valence-electron chi connectivity index (χ3n) is 2.70. The molecular weight excluding hydrogens is 234 g/mol. The molecule has 0 fully saturated rings. The molecule has 0 bridgehead atoms. The van der Waals surface area contributed by atoms with Crippen LogP contribution in [0.25, 0.3) is 0 Å². The van der Waals surface area contributed by atoms with Gasteiger partial charge in [0.2, 0.25) is 0 Å². The van der Waals surface area contributed by atoms with E-state index in [1.165, 1.54) is 24.5 Å². The van der Waals surface area contributed by atoms with E-state index in [4.69, 9.17) is 9.15 Å². The summed E-state index contributed by atoms with van der Waals surface area (Å²) in [5.41, 5.74) is -1.10. The number of ether oxygens (including phenoxy) is 1. The van der Waals surface area contributed by atoms with Gasteiger partial charge >= 0.3 is 6.09 Å². The second-order valence-electron chi connectivity index (χ2n) is 5.32. The molecule has 5 heteroatoms. The van der Waals surface area contributed by atoms with Crippen LogP contribution in [0, 0.1) is 0 Å². The Labute approximate surface area is 107 Å². The van der Waals surface area contributed by atoms with E-state index in [-0.39, 0.29) is 0 Å². The number of aldehydes is 1. The van der Waals surface area contributed by atoms with Crippen LogP contribution in [0.1, 0.15) is 33.3 Å². The fourth-order valence-corrected chi connectivity index (χ4v) is 1.41. The van der Waals surface area contributed by atoms with E-state index in [0.717, 1.165) is 0 Å². The summed E-state index contributed by atoms with van der Waals surface area (Å²) >= 11 is 0. The normalized spacial score (nSPS) is 14.7. The molecule has 0 radical (unpaired) electrons. The first-order valence-corrected chi connectivity index (χ1v) is 5.66. The molecule has 1 heterocycles. The third kappa shape index (κ3) is 2.91. The standard InChI is InChI=1S/C13H19NO4/c1-12(2,3)18-11(16)14(5)13(4,9-15)10-6-7-17-8-10/h6-9H,1-5H3. The van der Waals surface area contributed by atoms with Gasteiger partial charge in [0, 0.05) is 12.6 Å². The van der Waals surface area contributed by atoms with Gasteiger partial charge < -0.3 is 13.9 Å². The van der Waals surface area contributed by atoms with E-state index >= 15 is 0 Å². The Morgan fingerprint density at radius 2 is 2.00 bits per heavy atom. The Kier molecular flexibility index (Phi) is 3.84. The molecule has 1 atom stereocenters. The molecule has 1 unspecified atom stereocenters. The van der Waals surface area contributed by atoms with Gasteiger partial charge in [-0.2, -0.15) is 0 Å². The lowest BCUT2D eigenvalue weighted by atomic mass is 9.95. The van der Waals surface area contributed by atoms with Crippen LogP contribution in [0.4, 0.5) is 4.79 Å². The second kappa shape index (κ2) is 4.84. The van der Waals surface area contributed by atoms with E-state index in [0.29, 0.717) is 11.8 Å². The van der Waals surface area contributed by atoms with Crippen molar-refractivity contribution >= 4 is 12.4 Å². The van der Waals surface area contributed by atoms with Crippen molar-refractivity contribution in [2.75, 3.05) is 7.05 Å². The number of amides is 1. The molecule has 0 aliphatic rings. The van der Waals surface area contributed by atoms with Crippen molar-refractivity contribution in [3.05, 3.63) is 24.2 Å². The smallest absolute Gasteiger partial charge is 0.411 e. The molecule has 100 valence electrons. The Morgan fingerprint density at radius 1 is 1.39 bits per heavy atom. The van der Waals surface area contributed by atoms with Crippen molar-refractivity contribution in [3.63, 3.8) is 0 Å². The fourth-order valence-electron chi connectivity index (χ4n) is 1.41. The van der Waals surface area contributed by atoms with Crippen molar-refractivity contribution in [3.8, 4) is 0 Å². The molecule has 1 aromatic heterocycles. The number of hydrogen-bond acceptors (Lipinski definition) is 4. The molecule has 0 spiro atoms. The molecule has 1 aromatic rings. The molecule has 0 aromatic carbocycles. The Hall–Kier alpha value is -1.78. The van der Waals surface area contributed by atoms with Crippen LogP contribution in [0.2, 0.25) is 0 Å². The highest BCUT2D eigenvalue weighted by molar-refractivity contribution is 5.77. The second-order valence-corrected chi connectivity index (χ2v) is 5.32. The summed E-state index contributed by atoms with van der Waals surface area (Å²) in [5.74, 6) is 0. The first-order chi connectivity index (χ1) is 8.20. The van der Waals surface area contributed by atoms with Gasteiger partial charge in [0.15, 0.2) is 0 Å². The third-order valence-corrected chi connectivity index (χ3v) is 2.70. The molecule has 1 amide bonds. The number of carbonyl (C=O) groups excluding carboxylic acids is 2. The number of nitrogens with zero attached hydrogens (tertiary/aromatic N) is 1. The van der Waals surface area contributed by atoms with E-state index in [9.17, 15) is 9.59 Å². The van der Waals surface area contributed by atoms with Crippen LogP contribution >= 0.6 is 0 Å². The number of likely N-dealkylation sites (N-methyl/N-ethyl adjacent to an activating group) is 1. The van der Waals surface area contributed by atoms with Gasteiger partial charge in [0.25, 0.3) is 0 Å². The maximum Gasteiger partial charge on any atom is 0.411 e. The van der Waals surface area contributed by atoms with Crippen LogP contribution in [-0.4, -0.2) is 29.9 Å². The molecule has 0 N–H and O–H groups in total. The van der Waals surface area contributed by atoms with E-state index in [1.807, 2.05) is 0 Å². The van der Waals surface area contributed by atoms with Crippen molar-refractivity contribution in [1.29, 1.82) is 0 Å². The molecule has 0 saturated carbocycles. The minimum Gasteiger partial charge on any atom is -0.472 e. The summed E-state index contributed by atoms with van der Waals surface area (Å²) in [4.78, 5) is 24.6. The largest absolute Gasteiger partial charge is 0.472 e. The summed E-state index contributed by atoms with van der Waals surface area (Å²) in [6, 6.07) is 1.65. The number of hydrogen-bond donors (Lipinski definition) is 0. The van der Waals surface area contributed by atoms with Gasteiger partial charge in [-0.05, 0) is 33.8 Å². The molecule has 0 saturated heterocycles. The van der Waals surface area contributed by atoms with Gasteiger partial charge in [0.1, 0.15) is 17.4 Å². The van der Waals surface area contributed by atoms with E-state index in [2.05, 4.69) is 0 Å². The summed E-state index contributed by atoms with van der Waals surface area (Å²) < 4.78 is 10.2. The summed E-state index contributed by atoms with van der Waals surface area (Å²) in [5, 5.41) is 0. The number of carbonyl (C=O) groups is 2. The summed E-state index contributed by atoms with van der Waals surface area (Å²) in [6.07, 6.45) is 3.04. The van der Waals surface area contributed by atoms with E-state index in [1.54, 1.807) is 33.8 Å². The van der Waals surface area contributed by atoms with Gasteiger partial charge in [-0.15, -0.1) is 0 Å². The topological polar surface area (TPSA) is 59.8 Å². The van der Waals surface area contributed by atoms with Crippen LogP contribution in [-0.2, 0) is 15.1 Å². The quantitative estimate of drug-likeness (QED) is 0.777. The van der Waals surface area contributed by atoms with Crippen molar-refractivity contribution in [1.82, 2.24) is 4.90 Å². The van der Waals surface area contributed by atoms with E-state index < -0.39 is 17.2 Å². The lowest BCUT2D eigenvalue weighted by Crippen LogP contribution is -2.48. The van der Waals surface area contributed by atoms with Gasteiger partial charge in [-0.3, -0.25) is 4.90 Å². The van der Waals surface area contributed by atoms with Gasteiger partial charge in [-0.1, -0.05) is 0 Å². The summed E-state index contributed by atoms with van der Waals surface area (Å²) in [6.45, 7) is 6.95.